The monoisotopic (exact) mass is 299 g/mol. The van der Waals surface area contributed by atoms with Gasteiger partial charge in [-0.25, -0.2) is 9.97 Å². The number of nitrogens with zero attached hydrogens (tertiary/aromatic N) is 3. The van der Waals surface area contributed by atoms with Crippen LogP contribution in [0.5, 0.6) is 0 Å². The van der Waals surface area contributed by atoms with Crippen molar-refractivity contribution in [3.8, 4) is 0 Å². The Hall–Kier alpha value is -0.880. The smallest absolute Gasteiger partial charge is 0.146 e. The van der Waals surface area contributed by atoms with Crippen molar-refractivity contribution in [1.82, 2.24) is 14.9 Å². The van der Waals surface area contributed by atoms with Gasteiger partial charge in [0.05, 0.1) is 0 Å². The predicted octanol–water partition coefficient (Wildman–Crippen LogP) is 1.79. The van der Waals surface area contributed by atoms with Crippen LogP contribution in [0.4, 0.5) is 11.6 Å². The summed E-state index contributed by atoms with van der Waals surface area (Å²) in [5.74, 6) is 1.72. The van der Waals surface area contributed by atoms with Gasteiger partial charge < -0.3 is 15.5 Å². The normalized spacial score (nSPS) is 20.5. The van der Waals surface area contributed by atoms with E-state index in [0.29, 0.717) is 6.04 Å². The molecule has 1 aliphatic heterocycles. The minimum Gasteiger partial charge on any atom is -0.369 e. The summed E-state index contributed by atoms with van der Waals surface area (Å²) in [6.45, 7) is 5.10. The quantitative estimate of drug-likeness (QED) is 0.888. The molecule has 5 nitrogen and oxygen atoms in total. The van der Waals surface area contributed by atoms with Crippen LogP contribution in [0.1, 0.15) is 13.3 Å². The number of nitrogens with one attached hydrogen (secondary N) is 2. The first kappa shape index (κ1) is 12.6. The Morgan fingerprint density at radius 3 is 2.88 bits per heavy atom. The van der Waals surface area contributed by atoms with Crippen LogP contribution in [0, 0.1) is 0 Å². The van der Waals surface area contributed by atoms with Gasteiger partial charge in [-0.1, -0.05) is 0 Å². The SMILES string of the molecule is CCNc1ncnc(NC2CCN(C)C2)c1Br. The third-order valence-corrected chi connectivity index (χ3v) is 3.62. The minimum absolute atomic E-state index is 0.473. The van der Waals surface area contributed by atoms with E-state index in [1.54, 1.807) is 6.33 Å². The van der Waals surface area contributed by atoms with Gasteiger partial charge in [0.25, 0.3) is 0 Å². The molecule has 17 heavy (non-hydrogen) atoms. The third kappa shape index (κ3) is 3.07. The van der Waals surface area contributed by atoms with Gasteiger partial charge in [-0.05, 0) is 42.9 Å². The van der Waals surface area contributed by atoms with E-state index in [2.05, 4.69) is 48.5 Å². The van der Waals surface area contributed by atoms with E-state index in [1.165, 1.54) is 0 Å². The molecule has 0 saturated carbocycles. The van der Waals surface area contributed by atoms with Crippen LogP contribution in [0.25, 0.3) is 0 Å². The molecule has 0 aromatic carbocycles. The van der Waals surface area contributed by atoms with E-state index < -0.39 is 0 Å². The van der Waals surface area contributed by atoms with Crippen LogP contribution in [0.2, 0.25) is 0 Å². The van der Waals surface area contributed by atoms with Gasteiger partial charge in [-0.2, -0.15) is 0 Å². The second kappa shape index (κ2) is 5.64. The lowest BCUT2D eigenvalue weighted by Crippen LogP contribution is -2.24. The van der Waals surface area contributed by atoms with Gasteiger partial charge in [0, 0.05) is 19.1 Å². The number of likely N-dealkylation sites (N-methyl/N-ethyl adjacent to an activating group) is 1. The van der Waals surface area contributed by atoms with Crippen LogP contribution in [0.15, 0.2) is 10.8 Å². The van der Waals surface area contributed by atoms with Crippen LogP contribution < -0.4 is 10.6 Å². The lowest BCUT2D eigenvalue weighted by Gasteiger charge is -2.15. The first-order valence-corrected chi connectivity index (χ1v) is 6.69. The van der Waals surface area contributed by atoms with E-state index in [-0.39, 0.29) is 0 Å². The molecule has 1 aromatic heterocycles. The highest BCUT2D eigenvalue weighted by Gasteiger charge is 2.20. The number of likely N-dealkylation sites (tertiary alicyclic amines) is 1. The lowest BCUT2D eigenvalue weighted by atomic mass is 10.2. The standard InChI is InChI=1S/C11H18BrN5/c1-3-13-10-9(12)11(15-7-14-10)16-8-4-5-17(2)6-8/h7-8H,3-6H2,1-2H3,(H2,13,14,15,16). The summed E-state index contributed by atoms with van der Waals surface area (Å²) in [4.78, 5) is 10.8. The van der Waals surface area contributed by atoms with Gasteiger partial charge >= 0.3 is 0 Å². The molecule has 2 heterocycles. The molecule has 0 aliphatic carbocycles. The molecule has 1 aliphatic rings. The number of halogens is 1. The highest BCUT2D eigenvalue weighted by Crippen LogP contribution is 2.27. The minimum atomic E-state index is 0.473. The Labute approximate surface area is 110 Å². The van der Waals surface area contributed by atoms with Crippen molar-refractivity contribution < 1.29 is 0 Å². The topological polar surface area (TPSA) is 53.1 Å². The van der Waals surface area contributed by atoms with Crippen LogP contribution in [-0.4, -0.2) is 47.6 Å². The Bertz CT molecular complexity index is 384. The molecule has 6 heteroatoms. The van der Waals surface area contributed by atoms with E-state index in [9.17, 15) is 0 Å². The highest BCUT2D eigenvalue weighted by atomic mass is 79.9. The molecular weight excluding hydrogens is 282 g/mol. The first-order chi connectivity index (χ1) is 8.20. The maximum Gasteiger partial charge on any atom is 0.146 e. The maximum absolute atomic E-state index is 4.28. The zero-order valence-corrected chi connectivity index (χ0v) is 11.8. The molecular formula is C11H18BrN5. The first-order valence-electron chi connectivity index (χ1n) is 5.90. The summed E-state index contributed by atoms with van der Waals surface area (Å²) in [5, 5.41) is 6.66. The highest BCUT2D eigenvalue weighted by molar-refractivity contribution is 9.10. The molecule has 0 radical (unpaired) electrons. The molecule has 2 rings (SSSR count). The van der Waals surface area contributed by atoms with Gasteiger partial charge in [0.2, 0.25) is 0 Å². The molecule has 1 aromatic rings. The maximum atomic E-state index is 4.28. The summed E-state index contributed by atoms with van der Waals surface area (Å²) in [7, 11) is 2.14. The number of rotatable bonds is 4. The van der Waals surface area contributed by atoms with E-state index >= 15 is 0 Å². The second-order valence-corrected chi connectivity index (χ2v) is 5.10. The molecule has 0 spiro atoms. The van der Waals surface area contributed by atoms with Gasteiger partial charge in [-0.3, -0.25) is 0 Å². The number of aromatic nitrogens is 2. The molecule has 1 atom stereocenters. The zero-order valence-electron chi connectivity index (χ0n) is 10.2. The van der Waals surface area contributed by atoms with Gasteiger partial charge in [0.1, 0.15) is 22.4 Å². The Kier molecular flexibility index (Phi) is 4.17. The van der Waals surface area contributed by atoms with Crippen LogP contribution in [-0.2, 0) is 0 Å². The van der Waals surface area contributed by atoms with Gasteiger partial charge in [-0.15, -0.1) is 0 Å². The average molecular weight is 300 g/mol. The van der Waals surface area contributed by atoms with Crippen LogP contribution in [0.3, 0.4) is 0 Å². The molecule has 94 valence electrons. The largest absolute Gasteiger partial charge is 0.369 e. The van der Waals surface area contributed by atoms with Crippen molar-refractivity contribution in [2.75, 3.05) is 37.3 Å². The van der Waals surface area contributed by atoms with Crippen molar-refractivity contribution in [1.29, 1.82) is 0 Å². The summed E-state index contributed by atoms with van der Waals surface area (Å²) < 4.78 is 0.913. The van der Waals surface area contributed by atoms with E-state index in [4.69, 9.17) is 0 Å². The summed E-state index contributed by atoms with van der Waals surface area (Å²) >= 11 is 3.54. The molecule has 1 saturated heterocycles. The fraction of sp³-hybridized carbons (Fsp3) is 0.636. The number of hydrogen-bond donors (Lipinski definition) is 2. The summed E-state index contributed by atoms with van der Waals surface area (Å²) in [5.41, 5.74) is 0. The summed E-state index contributed by atoms with van der Waals surface area (Å²) in [6.07, 6.45) is 2.74. The van der Waals surface area contributed by atoms with Crippen molar-refractivity contribution in [3.05, 3.63) is 10.8 Å². The van der Waals surface area contributed by atoms with Gasteiger partial charge in [0.15, 0.2) is 0 Å². The fourth-order valence-electron chi connectivity index (χ4n) is 2.01. The predicted molar refractivity (Wildman–Crippen MR) is 73.4 cm³/mol. The summed E-state index contributed by atoms with van der Waals surface area (Å²) in [6, 6.07) is 0.473. The number of anilines is 2. The molecule has 1 fully saturated rings. The van der Waals surface area contributed by atoms with Crippen molar-refractivity contribution in [3.63, 3.8) is 0 Å². The molecule has 0 amide bonds. The van der Waals surface area contributed by atoms with Crippen molar-refractivity contribution in [2.24, 2.45) is 0 Å². The Morgan fingerprint density at radius 1 is 1.47 bits per heavy atom. The fourth-order valence-corrected chi connectivity index (χ4v) is 2.47. The van der Waals surface area contributed by atoms with Crippen molar-refractivity contribution in [2.45, 2.75) is 19.4 Å². The molecule has 0 bridgehead atoms. The lowest BCUT2D eigenvalue weighted by molar-refractivity contribution is 0.414. The molecule has 2 N–H and O–H groups in total. The zero-order chi connectivity index (χ0) is 12.3. The average Bonchev–Trinajstić information content (AvgIpc) is 2.70. The third-order valence-electron chi connectivity index (χ3n) is 2.87. The Balaban J connectivity index is 2.07. The van der Waals surface area contributed by atoms with E-state index in [1.807, 2.05) is 6.92 Å². The number of hydrogen-bond acceptors (Lipinski definition) is 5. The second-order valence-electron chi connectivity index (χ2n) is 4.31. The van der Waals surface area contributed by atoms with Crippen LogP contribution >= 0.6 is 15.9 Å². The Morgan fingerprint density at radius 2 is 2.24 bits per heavy atom. The molecule has 1 unspecified atom stereocenters. The van der Waals surface area contributed by atoms with E-state index in [0.717, 1.165) is 42.2 Å². The van der Waals surface area contributed by atoms with Crippen molar-refractivity contribution >= 4 is 27.6 Å².